The molecule has 0 spiro atoms. The molecule has 5 nitrogen and oxygen atoms in total. The number of aromatic nitrogens is 2. The van der Waals surface area contributed by atoms with Crippen LogP contribution in [0.25, 0.3) is 11.0 Å². The Labute approximate surface area is 198 Å². The van der Waals surface area contributed by atoms with Crippen molar-refractivity contribution in [3.63, 3.8) is 0 Å². The maximum atomic E-state index is 13.3. The third-order valence-electron chi connectivity index (χ3n) is 6.47. The zero-order chi connectivity index (χ0) is 23.7. The Hall–Kier alpha value is -3.67. The minimum absolute atomic E-state index is 0.000976. The van der Waals surface area contributed by atoms with Crippen molar-refractivity contribution in [2.75, 3.05) is 13.2 Å². The average molecular weight is 458 g/mol. The molecule has 1 amide bonds. The summed E-state index contributed by atoms with van der Waals surface area (Å²) in [6.07, 6.45) is 0.419. The molecule has 6 heteroatoms. The highest BCUT2D eigenvalue weighted by molar-refractivity contribution is 5.81. The van der Waals surface area contributed by atoms with Crippen LogP contribution in [0.3, 0.4) is 0 Å². The number of carbonyl (C=O) groups is 1. The normalized spacial score (nSPS) is 15.9. The van der Waals surface area contributed by atoms with Gasteiger partial charge in [0.2, 0.25) is 5.91 Å². The minimum atomic E-state index is -0.272. The van der Waals surface area contributed by atoms with Gasteiger partial charge >= 0.3 is 0 Å². The van der Waals surface area contributed by atoms with Crippen LogP contribution in [-0.4, -0.2) is 33.5 Å². The molecule has 5 rings (SSSR count). The van der Waals surface area contributed by atoms with Gasteiger partial charge in [-0.15, -0.1) is 0 Å². The van der Waals surface area contributed by atoms with E-state index in [0.717, 1.165) is 33.7 Å². The van der Waals surface area contributed by atoms with Crippen molar-refractivity contribution in [2.24, 2.45) is 0 Å². The van der Waals surface area contributed by atoms with E-state index in [1.807, 2.05) is 30.0 Å². The molecule has 1 atom stereocenters. The lowest BCUT2D eigenvalue weighted by Crippen LogP contribution is -2.24. The van der Waals surface area contributed by atoms with Crippen molar-refractivity contribution in [1.29, 1.82) is 0 Å². The Morgan fingerprint density at radius 1 is 1.06 bits per heavy atom. The molecular formula is C28H28FN3O2. The van der Waals surface area contributed by atoms with Crippen LogP contribution >= 0.6 is 0 Å². The van der Waals surface area contributed by atoms with Crippen LogP contribution < -0.4 is 4.74 Å². The fourth-order valence-electron chi connectivity index (χ4n) is 4.66. The van der Waals surface area contributed by atoms with Crippen LogP contribution in [0.1, 0.15) is 34.9 Å². The van der Waals surface area contributed by atoms with E-state index in [0.29, 0.717) is 32.7 Å². The van der Waals surface area contributed by atoms with E-state index < -0.39 is 0 Å². The first kappa shape index (κ1) is 22.1. The number of nitrogens with zero attached hydrogens (tertiary/aromatic N) is 3. The van der Waals surface area contributed by atoms with Crippen LogP contribution in [0.4, 0.5) is 4.39 Å². The number of carbonyl (C=O) groups excluding carboxylic acids is 1. The van der Waals surface area contributed by atoms with Crippen molar-refractivity contribution < 1.29 is 13.9 Å². The number of likely N-dealkylation sites (tertiary alicyclic amines) is 1. The monoisotopic (exact) mass is 457 g/mol. The summed E-state index contributed by atoms with van der Waals surface area (Å²) < 4.78 is 21.6. The van der Waals surface area contributed by atoms with E-state index in [2.05, 4.69) is 35.8 Å². The fourth-order valence-corrected chi connectivity index (χ4v) is 4.66. The third-order valence-corrected chi connectivity index (χ3v) is 6.47. The maximum Gasteiger partial charge on any atom is 0.223 e. The van der Waals surface area contributed by atoms with Crippen molar-refractivity contribution in [1.82, 2.24) is 14.5 Å². The number of imidazole rings is 1. The van der Waals surface area contributed by atoms with Crippen LogP contribution in [-0.2, 0) is 17.9 Å². The number of ether oxygens (including phenoxy) is 1. The molecule has 0 unspecified atom stereocenters. The van der Waals surface area contributed by atoms with Crippen molar-refractivity contribution in [2.45, 2.75) is 39.3 Å². The predicted molar refractivity (Wildman–Crippen MR) is 130 cm³/mol. The third kappa shape index (κ3) is 4.53. The number of hydrogen-bond donors (Lipinski definition) is 0. The van der Waals surface area contributed by atoms with E-state index in [-0.39, 0.29) is 17.6 Å². The zero-order valence-electron chi connectivity index (χ0n) is 19.5. The smallest absolute Gasteiger partial charge is 0.223 e. The molecule has 0 bridgehead atoms. The van der Waals surface area contributed by atoms with Crippen molar-refractivity contribution in [3.05, 3.63) is 95.1 Å². The molecular weight excluding hydrogens is 429 g/mol. The second-order valence-corrected chi connectivity index (χ2v) is 9.03. The molecule has 1 saturated heterocycles. The summed E-state index contributed by atoms with van der Waals surface area (Å²) in [5, 5.41) is 0. The topological polar surface area (TPSA) is 47.4 Å². The lowest BCUT2D eigenvalue weighted by Gasteiger charge is -2.18. The quantitative estimate of drug-likeness (QED) is 0.374. The van der Waals surface area contributed by atoms with Gasteiger partial charge in [0.05, 0.1) is 17.6 Å². The lowest BCUT2D eigenvalue weighted by atomic mass is 10.1. The molecule has 2 heterocycles. The van der Waals surface area contributed by atoms with E-state index in [1.165, 1.54) is 17.7 Å². The molecule has 1 aromatic heterocycles. The van der Waals surface area contributed by atoms with Crippen molar-refractivity contribution >= 4 is 16.9 Å². The number of amides is 1. The molecule has 3 aromatic carbocycles. The first-order valence-electron chi connectivity index (χ1n) is 11.7. The number of fused-ring (bicyclic) bond motifs is 1. The summed E-state index contributed by atoms with van der Waals surface area (Å²) in [5.41, 5.74) is 5.17. The van der Waals surface area contributed by atoms with Crippen LogP contribution in [0.5, 0.6) is 5.75 Å². The highest BCUT2D eigenvalue weighted by Gasteiger charge is 2.34. The first-order chi connectivity index (χ1) is 16.5. The van der Waals surface area contributed by atoms with Crippen molar-refractivity contribution in [3.8, 4) is 5.75 Å². The van der Waals surface area contributed by atoms with Gasteiger partial charge in [0, 0.05) is 25.4 Å². The summed E-state index contributed by atoms with van der Waals surface area (Å²) >= 11 is 0. The Bertz CT molecular complexity index is 1330. The van der Waals surface area contributed by atoms with Gasteiger partial charge in [0.15, 0.2) is 0 Å². The number of halogens is 1. The molecule has 4 aromatic rings. The second kappa shape index (κ2) is 9.29. The minimum Gasteiger partial charge on any atom is -0.491 e. The molecule has 34 heavy (non-hydrogen) atoms. The van der Waals surface area contributed by atoms with E-state index in [9.17, 15) is 9.18 Å². The van der Waals surface area contributed by atoms with E-state index in [1.54, 1.807) is 12.1 Å². The summed E-state index contributed by atoms with van der Waals surface area (Å²) in [4.78, 5) is 19.6. The van der Waals surface area contributed by atoms with Crippen LogP contribution in [0.15, 0.2) is 66.7 Å². The summed E-state index contributed by atoms with van der Waals surface area (Å²) in [5.74, 6) is 1.64. The fraction of sp³-hybridized carbons (Fsp3) is 0.286. The lowest BCUT2D eigenvalue weighted by molar-refractivity contribution is -0.128. The Kier molecular flexibility index (Phi) is 6.05. The number of hydrogen-bond acceptors (Lipinski definition) is 3. The first-order valence-corrected chi connectivity index (χ1v) is 11.7. The highest BCUT2D eigenvalue weighted by Crippen LogP contribution is 2.31. The van der Waals surface area contributed by atoms with Gasteiger partial charge in [-0.3, -0.25) is 4.79 Å². The zero-order valence-corrected chi connectivity index (χ0v) is 19.5. The van der Waals surface area contributed by atoms with Gasteiger partial charge in [0.1, 0.15) is 24.0 Å². The molecule has 0 radical (unpaired) electrons. The summed E-state index contributed by atoms with van der Waals surface area (Å²) in [7, 11) is 0. The summed E-state index contributed by atoms with van der Waals surface area (Å²) in [6, 6.07) is 20.6. The molecule has 1 aliphatic heterocycles. The average Bonchev–Trinajstić information content (AvgIpc) is 3.38. The van der Waals surface area contributed by atoms with E-state index in [4.69, 9.17) is 9.72 Å². The Morgan fingerprint density at radius 3 is 2.68 bits per heavy atom. The molecule has 0 saturated carbocycles. The largest absolute Gasteiger partial charge is 0.491 e. The molecule has 0 N–H and O–H groups in total. The van der Waals surface area contributed by atoms with E-state index >= 15 is 0 Å². The van der Waals surface area contributed by atoms with Crippen LogP contribution in [0.2, 0.25) is 0 Å². The molecule has 1 aliphatic rings. The Morgan fingerprint density at radius 2 is 1.85 bits per heavy atom. The summed E-state index contributed by atoms with van der Waals surface area (Å²) in [6.45, 7) is 6.34. The van der Waals surface area contributed by atoms with Gasteiger partial charge in [-0.1, -0.05) is 36.4 Å². The van der Waals surface area contributed by atoms with Gasteiger partial charge in [-0.25, -0.2) is 9.37 Å². The maximum absolute atomic E-state index is 13.3. The number of benzene rings is 3. The number of para-hydroxylation sites is 2. The van der Waals surface area contributed by atoms with Gasteiger partial charge < -0.3 is 14.2 Å². The molecule has 174 valence electrons. The number of aryl methyl sites for hydroxylation is 2. The van der Waals surface area contributed by atoms with Gasteiger partial charge in [0.25, 0.3) is 0 Å². The SMILES string of the molecule is Cc1ccc(C)c(OCCn2c([C@@H]3CC(=O)N(Cc4ccc(F)cc4)C3)nc3ccccc32)c1. The predicted octanol–water partition coefficient (Wildman–Crippen LogP) is 5.39. The van der Waals surface area contributed by atoms with Crippen LogP contribution in [0, 0.1) is 19.7 Å². The second-order valence-electron chi connectivity index (χ2n) is 9.03. The van der Waals surface area contributed by atoms with Gasteiger partial charge in [-0.05, 0) is 60.9 Å². The van der Waals surface area contributed by atoms with Gasteiger partial charge in [-0.2, -0.15) is 0 Å². The molecule has 1 fully saturated rings. The molecule has 0 aliphatic carbocycles. The number of rotatable bonds is 7. The standard InChI is InChI=1S/C28H28FN3O2/c1-19-7-8-20(2)26(15-19)34-14-13-32-25-6-4-3-5-24(25)30-28(32)22-16-27(33)31(18-22)17-21-9-11-23(29)12-10-21/h3-12,15,22H,13-14,16-18H2,1-2H3/t22-/m1/s1. The highest BCUT2D eigenvalue weighted by atomic mass is 19.1. The Balaban J connectivity index is 1.36.